The predicted molar refractivity (Wildman–Crippen MR) is 120 cm³/mol. The molecule has 0 atom stereocenters. The summed E-state index contributed by atoms with van der Waals surface area (Å²) in [5.41, 5.74) is 1.60. The summed E-state index contributed by atoms with van der Waals surface area (Å²) in [6.07, 6.45) is -0.224. The van der Waals surface area contributed by atoms with Crippen LogP contribution in [0.4, 0.5) is 23.7 Å². The number of amides is 1. The zero-order valence-electron chi connectivity index (χ0n) is 19.2. The number of nitrogens with zero attached hydrogens (tertiary/aromatic N) is 1. The molecule has 0 unspecified atom stereocenters. The number of alkyl halides is 2. The first-order valence-electron chi connectivity index (χ1n) is 10.5. The number of hydrogen-bond donors (Lipinski definition) is 1. The Morgan fingerprint density at radius 1 is 1.06 bits per heavy atom. The number of carbonyl (C=O) groups is 2. The largest absolute Gasteiger partial charge is 0.481 e. The monoisotopic (exact) mass is 492 g/mol. The van der Waals surface area contributed by atoms with E-state index in [1.165, 1.54) is 20.3 Å². The number of nitrogens with one attached hydrogen (secondary N) is 1. The molecule has 0 bridgehead atoms. The van der Waals surface area contributed by atoms with E-state index in [0.29, 0.717) is 28.9 Å². The fourth-order valence-electron chi connectivity index (χ4n) is 3.45. The third-order valence-electron chi connectivity index (χ3n) is 5.07. The first-order chi connectivity index (χ1) is 16.8. The van der Waals surface area contributed by atoms with Crippen LogP contribution >= 0.6 is 0 Å². The van der Waals surface area contributed by atoms with Crippen molar-refractivity contribution in [2.45, 2.75) is 26.4 Å². The zero-order valence-corrected chi connectivity index (χ0v) is 19.2. The van der Waals surface area contributed by atoms with Crippen molar-refractivity contribution in [3.63, 3.8) is 0 Å². The van der Waals surface area contributed by atoms with E-state index in [1.807, 2.05) is 0 Å². The van der Waals surface area contributed by atoms with E-state index in [2.05, 4.69) is 19.8 Å². The smallest absolute Gasteiger partial charge is 0.411 e. The molecule has 0 saturated carbocycles. The van der Waals surface area contributed by atoms with Crippen molar-refractivity contribution < 1.29 is 41.7 Å². The van der Waals surface area contributed by atoms with Crippen molar-refractivity contribution in [2.75, 3.05) is 26.1 Å². The highest BCUT2D eigenvalue weighted by Crippen LogP contribution is 2.40. The Bertz CT molecular complexity index is 1220. The van der Waals surface area contributed by atoms with Crippen LogP contribution in [0.25, 0.3) is 10.9 Å². The minimum atomic E-state index is -3.22. The van der Waals surface area contributed by atoms with Crippen LogP contribution in [-0.2, 0) is 27.1 Å². The van der Waals surface area contributed by atoms with Crippen molar-refractivity contribution in [1.29, 1.82) is 0 Å². The molecule has 3 rings (SSSR count). The number of anilines is 1. The lowest BCUT2D eigenvalue weighted by Gasteiger charge is -2.19. The van der Waals surface area contributed by atoms with E-state index < -0.39 is 31.1 Å². The average Bonchev–Trinajstić information content (AvgIpc) is 2.85. The van der Waals surface area contributed by atoms with Crippen molar-refractivity contribution in [3.05, 3.63) is 59.0 Å². The molecule has 2 aromatic carbocycles. The second kappa shape index (κ2) is 11.4. The number of aromatic nitrogens is 1. The molecule has 35 heavy (non-hydrogen) atoms. The molecule has 1 amide bonds. The van der Waals surface area contributed by atoms with Crippen LogP contribution in [0.2, 0.25) is 0 Å². The van der Waals surface area contributed by atoms with E-state index in [-0.39, 0.29) is 28.8 Å². The Hall–Kier alpha value is -4.02. The Morgan fingerprint density at radius 2 is 1.77 bits per heavy atom. The van der Waals surface area contributed by atoms with E-state index in [4.69, 9.17) is 9.47 Å². The summed E-state index contributed by atoms with van der Waals surface area (Å²) in [6.45, 7) is -1.99. The standard InChI is InChI=1S/C24H23F3N2O6/c1-4-17-15(11-13-5-7-14(8-6-13)28-24(31)33-3)22(35-23(26)27)20-18(34-12-19(30)32-2)10-9-16(25)21(20)29-17/h5-10,23H,4,11-12H2,1-3H3,(H,28,31). The van der Waals surface area contributed by atoms with E-state index in [1.54, 1.807) is 31.2 Å². The number of methoxy groups -OCH3 is 2. The van der Waals surface area contributed by atoms with Crippen LogP contribution in [0.3, 0.4) is 0 Å². The van der Waals surface area contributed by atoms with Crippen LogP contribution in [0.15, 0.2) is 36.4 Å². The van der Waals surface area contributed by atoms with Gasteiger partial charge in [-0.25, -0.2) is 19.0 Å². The number of hydrogen-bond acceptors (Lipinski definition) is 7. The fraction of sp³-hybridized carbons (Fsp3) is 0.292. The van der Waals surface area contributed by atoms with Gasteiger partial charge in [-0.1, -0.05) is 19.1 Å². The van der Waals surface area contributed by atoms with Crippen LogP contribution < -0.4 is 14.8 Å². The van der Waals surface area contributed by atoms with Gasteiger partial charge in [-0.2, -0.15) is 8.78 Å². The summed E-state index contributed by atoms with van der Waals surface area (Å²) in [7, 11) is 2.40. The number of benzene rings is 2. The molecule has 8 nitrogen and oxygen atoms in total. The summed E-state index contributed by atoms with van der Waals surface area (Å²) in [6, 6.07) is 8.88. The zero-order chi connectivity index (χ0) is 25.5. The average molecular weight is 492 g/mol. The maximum Gasteiger partial charge on any atom is 0.411 e. The number of esters is 1. The van der Waals surface area contributed by atoms with Crippen molar-refractivity contribution >= 4 is 28.7 Å². The molecule has 0 aliphatic rings. The second-order valence-electron chi connectivity index (χ2n) is 7.22. The first kappa shape index (κ1) is 25.6. The number of ether oxygens (including phenoxy) is 4. The van der Waals surface area contributed by atoms with Crippen LogP contribution in [0.1, 0.15) is 23.7 Å². The van der Waals surface area contributed by atoms with Crippen molar-refractivity contribution in [1.82, 2.24) is 4.98 Å². The Morgan fingerprint density at radius 3 is 2.37 bits per heavy atom. The number of carbonyl (C=O) groups excluding carboxylic acids is 2. The SMILES string of the molecule is CCc1nc2c(F)ccc(OCC(=O)OC)c2c(OC(F)F)c1Cc1ccc(NC(=O)OC)cc1. The Balaban J connectivity index is 2.13. The van der Waals surface area contributed by atoms with Gasteiger partial charge in [0.1, 0.15) is 22.8 Å². The molecule has 11 heteroatoms. The van der Waals surface area contributed by atoms with E-state index >= 15 is 0 Å². The number of pyridine rings is 1. The fourth-order valence-corrected chi connectivity index (χ4v) is 3.45. The number of rotatable bonds is 9. The molecular weight excluding hydrogens is 469 g/mol. The molecule has 1 N–H and O–H groups in total. The van der Waals surface area contributed by atoms with Gasteiger partial charge in [0.05, 0.1) is 19.6 Å². The minimum absolute atomic E-state index is 0.0588. The highest BCUT2D eigenvalue weighted by Gasteiger charge is 2.24. The Labute approximate surface area is 198 Å². The summed E-state index contributed by atoms with van der Waals surface area (Å²) >= 11 is 0. The first-order valence-corrected chi connectivity index (χ1v) is 10.5. The number of halogens is 3. The molecule has 0 aliphatic carbocycles. The quantitative estimate of drug-likeness (QED) is 0.426. The molecule has 3 aromatic rings. The van der Waals surface area contributed by atoms with Crippen LogP contribution in [0.5, 0.6) is 11.5 Å². The van der Waals surface area contributed by atoms with Gasteiger partial charge >= 0.3 is 18.7 Å². The van der Waals surface area contributed by atoms with E-state index in [9.17, 15) is 22.8 Å². The van der Waals surface area contributed by atoms with Gasteiger partial charge in [0.2, 0.25) is 0 Å². The van der Waals surface area contributed by atoms with Gasteiger partial charge in [0.25, 0.3) is 0 Å². The number of fused-ring (bicyclic) bond motifs is 1. The van der Waals surface area contributed by atoms with Gasteiger partial charge < -0.3 is 18.9 Å². The van der Waals surface area contributed by atoms with Gasteiger partial charge in [0, 0.05) is 23.4 Å². The summed E-state index contributed by atoms with van der Waals surface area (Å²) in [5.74, 6) is -1.82. The molecule has 0 spiro atoms. The van der Waals surface area contributed by atoms with Crippen molar-refractivity contribution in [3.8, 4) is 11.5 Å². The highest BCUT2D eigenvalue weighted by atomic mass is 19.3. The molecule has 0 fully saturated rings. The lowest BCUT2D eigenvalue weighted by atomic mass is 9.98. The molecule has 0 saturated heterocycles. The lowest BCUT2D eigenvalue weighted by Crippen LogP contribution is -2.14. The highest BCUT2D eigenvalue weighted by molar-refractivity contribution is 5.93. The molecule has 1 aromatic heterocycles. The van der Waals surface area contributed by atoms with E-state index in [0.717, 1.165) is 6.07 Å². The molecule has 1 heterocycles. The number of aryl methyl sites for hydroxylation is 1. The summed E-state index contributed by atoms with van der Waals surface area (Å²) in [5, 5.41) is 2.40. The normalized spacial score (nSPS) is 10.8. The lowest BCUT2D eigenvalue weighted by molar-refractivity contribution is -0.142. The van der Waals surface area contributed by atoms with Gasteiger partial charge in [-0.3, -0.25) is 5.32 Å². The van der Waals surface area contributed by atoms with Gasteiger partial charge in [0.15, 0.2) is 6.61 Å². The third kappa shape index (κ3) is 6.11. The summed E-state index contributed by atoms with van der Waals surface area (Å²) in [4.78, 5) is 27.3. The topological polar surface area (TPSA) is 96.0 Å². The molecule has 0 aliphatic heterocycles. The minimum Gasteiger partial charge on any atom is -0.481 e. The van der Waals surface area contributed by atoms with Gasteiger partial charge in [-0.05, 0) is 36.2 Å². The second-order valence-corrected chi connectivity index (χ2v) is 7.22. The molecule has 0 radical (unpaired) electrons. The van der Waals surface area contributed by atoms with Crippen LogP contribution in [0, 0.1) is 5.82 Å². The summed E-state index contributed by atoms with van der Waals surface area (Å²) < 4.78 is 61.1. The van der Waals surface area contributed by atoms with Gasteiger partial charge in [-0.15, -0.1) is 0 Å². The third-order valence-corrected chi connectivity index (χ3v) is 5.07. The maximum absolute atomic E-state index is 14.7. The molecular formula is C24H23F3N2O6. The Kier molecular flexibility index (Phi) is 8.34. The van der Waals surface area contributed by atoms with Crippen molar-refractivity contribution in [2.24, 2.45) is 0 Å². The van der Waals surface area contributed by atoms with Crippen LogP contribution in [-0.4, -0.2) is 44.5 Å². The maximum atomic E-state index is 14.7. The predicted octanol–water partition coefficient (Wildman–Crippen LogP) is 4.86. The molecule has 186 valence electrons.